The Morgan fingerprint density at radius 1 is 1.03 bits per heavy atom. The number of aliphatic hydroxyl groups excluding tert-OH is 1. The van der Waals surface area contributed by atoms with Crippen LogP contribution in [-0.4, -0.2) is 53.4 Å². The number of hydrogen-bond donors (Lipinski definition) is 4. The summed E-state index contributed by atoms with van der Waals surface area (Å²) in [6, 6.07) is 10.1. The number of nitrogens with two attached hydrogens (primary N) is 1. The number of aliphatic hydroxyl groups is 1. The number of sulfonamides is 1. The van der Waals surface area contributed by atoms with Crippen LogP contribution in [0.1, 0.15) is 20.8 Å². The second-order valence-corrected chi connectivity index (χ2v) is 10.7. The molecule has 0 saturated carbocycles. The summed E-state index contributed by atoms with van der Waals surface area (Å²) in [5.74, 6) is -3.22. The Morgan fingerprint density at radius 2 is 1.58 bits per heavy atom. The highest BCUT2D eigenvalue weighted by atomic mass is 32.2. The number of alkyl halides is 3. The zero-order chi connectivity index (χ0) is 28.9. The Hall–Kier alpha value is -3.62. The number of hydrogen-bond acceptors (Lipinski definition) is 7. The van der Waals surface area contributed by atoms with Crippen LogP contribution in [0.15, 0.2) is 59.8 Å². The monoisotopic (exact) mass is 558 g/mol. The van der Waals surface area contributed by atoms with Gasteiger partial charge in [0.1, 0.15) is 5.82 Å². The minimum absolute atomic E-state index is 0.000619. The van der Waals surface area contributed by atoms with Gasteiger partial charge in [-0.25, -0.2) is 32.3 Å². The number of aliphatic carboxylic acids is 1. The van der Waals surface area contributed by atoms with Crippen molar-refractivity contribution in [2.24, 2.45) is 5.41 Å². The topological polar surface area (TPSA) is 156 Å². The molecule has 14 heteroatoms. The highest BCUT2D eigenvalue weighted by Gasteiger charge is 2.38. The maximum absolute atomic E-state index is 14.9. The average Bonchev–Trinajstić information content (AvgIpc) is 2.82. The fourth-order valence-electron chi connectivity index (χ4n) is 3.07. The quantitative estimate of drug-likeness (QED) is 0.333. The Bertz CT molecular complexity index is 1380. The number of nitrogen functional groups attached to an aromatic ring is 1. The molecule has 2 aromatic carbocycles. The first-order chi connectivity index (χ1) is 17.5. The van der Waals surface area contributed by atoms with Crippen LogP contribution in [-0.2, 0) is 14.8 Å². The van der Waals surface area contributed by atoms with Gasteiger partial charge in [0.05, 0.1) is 11.5 Å². The predicted molar refractivity (Wildman–Crippen MR) is 132 cm³/mol. The van der Waals surface area contributed by atoms with Crippen molar-refractivity contribution in [3.8, 4) is 22.3 Å². The molecule has 0 aliphatic heterocycles. The second-order valence-electron chi connectivity index (χ2n) is 9.05. The fraction of sp³-hybridized carbons (Fsp3) is 0.292. The van der Waals surface area contributed by atoms with E-state index in [0.717, 1.165) is 0 Å². The molecule has 0 unspecified atom stereocenters. The standard InChI is InChI=1S/C22H25FN4O3S.C2HF3O2/c1-22(2,3)20(13-28)27-31(29,30)19-7-5-4-6-17(19)14-8-9-16(18(23)10-14)15-11-25-21(24)26-12-15;3-2(4,5)1(6)7/h4-12,20,27-28H,13H2,1-3H3,(H2,24,25,26);(H,6,7)/t20-;/m0./s1. The third kappa shape index (κ3) is 7.94. The van der Waals surface area contributed by atoms with Crippen molar-refractivity contribution in [1.29, 1.82) is 0 Å². The first kappa shape index (κ1) is 30.6. The lowest BCUT2D eigenvalue weighted by Gasteiger charge is -2.29. The number of rotatable bonds is 6. The van der Waals surface area contributed by atoms with Gasteiger partial charge >= 0.3 is 12.1 Å². The van der Waals surface area contributed by atoms with Gasteiger partial charge in [-0.3, -0.25) is 0 Å². The third-order valence-corrected chi connectivity index (χ3v) is 6.74. The first-order valence-electron chi connectivity index (χ1n) is 10.9. The summed E-state index contributed by atoms with van der Waals surface area (Å²) < 4.78 is 75.4. The summed E-state index contributed by atoms with van der Waals surface area (Å²) in [6.45, 7) is 5.14. The zero-order valence-corrected chi connectivity index (χ0v) is 21.3. The highest BCUT2D eigenvalue weighted by Crippen LogP contribution is 2.32. The average molecular weight is 559 g/mol. The Balaban J connectivity index is 0.000000638. The SMILES string of the molecule is CC(C)(C)[C@H](CO)NS(=O)(=O)c1ccccc1-c1ccc(-c2cnc(N)nc2)c(F)c1.O=C(O)C(F)(F)F. The van der Waals surface area contributed by atoms with Crippen molar-refractivity contribution in [3.05, 3.63) is 60.7 Å². The Morgan fingerprint density at radius 3 is 2.05 bits per heavy atom. The van der Waals surface area contributed by atoms with Crippen LogP contribution in [0.5, 0.6) is 0 Å². The summed E-state index contributed by atoms with van der Waals surface area (Å²) in [7, 11) is -3.98. The van der Waals surface area contributed by atoms with E-state index in [1.807, 2.05) is 20.8 Å². The molecule has 9 nitrogen and oxygen atoms in total. The number of halogens is 4. The molecule has 0 amide bonds. The molecule has 0 bridgehead atoms. The zero-order valence-electron chi connectivity index (χ0n) is 20.5. The van der Waals surface area contributed by atoms with Crippen LogP contribution < -0.4 is 10.5 Å². The van der Waals surface area contributed by atoms with Crippen molar-refractivity contribution in [3.63, 3.8) is 0 Å². The van der Waals surface area contributed by atoms with Gasteiger partial charge in [0.15, 0.2) is 0 Å². The number of nitrogens with one attached hydrogen (secondary N) is 1. The summed E-state index contributed by atoms with van der Waals surface area (Å²) in [4.78, 5) is 16.6. The Labute approximate surface area is 216 Å². The number of carboxylic acids is 1. The van der Waals surface area contributed by atoms with Crippen molar-refractivity contribution >= 4 is 21.9 Å². The lowest BCUT2D eigenvalue weighted by Crippen LogP contribution is -2.46. The smallest absolute Gasteiger partial charge is 0.475 e. The van der Waals surface area contributed by atoms with Gasteiger partial charge in [-0.15, -0.1) is 0 Å². The highest BCUT2D eigenvalue weighted by molar-refractivity contribution is 7.89. The summed E-state index contributed by atoms with van der Waals surface area (Å²) >= 11 is 0. The van der Waals surface area contributed by atoms with E-state index in [1.165, 1.54) is 24.5 Å². The molecule has 3 rings (SSSR count). The number of anilines is 1. The number of carboxylic acid groups (broad SMARTS) is 1. The van der Waals surface area contributed by atoms with E-state index in [1.54, 1.807) is 30.3 Å². The van der Waals surface area contributed by atoms with E-state index in [9.17, 15) is 31.1 Å². The molecule has 0 aliphatic rings. The maximum Gasteiger partial charge on any atom is 0.490 e. The van der Waals surface area contributed by atoms with E-state index in [2.05, 4.69) is 14.7 Å². The van der Waals surface area contributed by atoms with Gasteiger partial charge in [0.2, 0.25) is 16.0 Å². The van der Waals surface area contributed by atoms with Crippen molar-refractivity contribution < 1.29 is 41.0 Å². The van der Waals surface area contributed by atoms with Gasteiger partial charge in [-0.2, -0.15) is 13.2 Å². The molecule has 0 radical (unpaired) electrons. The molecule has 1 heterocycles. The molecule has 206 valence electrons. The van der Waals surface area contributed by atoms with E-state index in [0.29, 0.717) is 16.7 Å². The van der Waals surface area contributed by atoms with Gasteiger partial charge in [0, 0.05) is 35.1 Å². The molecular weight excluding hydrogens is 532 g/mol. The Kier molecular flexibility index (Phi) is 9.53. The summed E-state index contributed by atoms with van der Waals surface area (Å²) in [5.41, 5.74) is 6.46. The van der Waals surface area contributed by atoms with E-state index in [-0.39, 0.29) is 23.0 Å². The lowest BCUT2D eigenvalue weighted by atomic mass is 9.88. The molecule has 38 heavy (non-hydrogen) atoms. The van der Waals surface area contributed by atoms with E-state index < -0.39 is 39.4 Å². The van der Waals surface area contributed by atoms with Gasteiger partial charge in [-0.1, -0.05) is 51.1 Å². The molecule has 0 aliphatic carbocycles. The molecule has 1 aromatic heterocycles. The van der Waals surface area contributed by atoms with Crippen LogP contribution in [0.25, 0.3) is 22.3 Å². The first-order valence-corrected chi connectivity index (χ1v) is 12.4. The minimum Gasteiger partial charge on any atom is -0.475 e. The van der Waals surface area contributed by atoms with Crippen LogP contribution >= 0.6 is 0 Å². The predicted octanol–water partition coefficient (Wildman–Crippen LogP) is 3.85. The van der Waals surface area contributed by atoms with Crippen LogP contribution in [0.3, 0.4) is 0 Å². The number of aromatic nitrogens is 2. The van der Waals surface area contributed by atoms with Crippen LogP contribution in [0.2, 0.25) is 0 Å². The van der Waals surface area contributed by atoms with Crippen molar-refractivity contribution in [2.45, 2.75) is 37.9 Å². The van der Waals surface area contributed by atoms with Gasteiger partial charge in [0.25, 0.3) is 0 Å². The van der Waals surface area contributed by atoms with Crippen LogP contribution in [0, 0.1) is 11.2 Å². The fourth-order valence-corrected chi connectivity index (χ4v) is 4.73. The molecule has 3 aromatic rings. The largest absolute Gasteiger partial charge is 0.490 e. The normalized spacial score (nSPS) is 12.8. The minimum atomic E-state index is -5.08. The number of carbonyl (C=O) groups is 1. The molecule has 1 atom stereocenters. The number of benzene rings is 2. The molecule has 0 fully saturated rings. The van der Waals surface area contributed by atoms with Crippen molar-refractivity contribution in [2.75, 3.05) is 12.3 Å². The van der Waals surface area contributed by atoms with Crippen LogP contribution in [0.4, 0.5) is 23.5 Å². The summed E-state index contributed by atoms with van der Waals surface area (Å²) in [6.07, 6.45) is -2.24. The maximum atomic E-state index is 14.9. The second kappa shape index (κ2) is 11.8. The van der Waals surface area contributed by atoms with E-state index >= 15 is 0 Å². The lowest BCUT2D eigenvalue weighted by molar-refractivity contribution is -0.192. The molecule has 5 N–H and O–H groups in total. The van der Waals surface area contributed by atoms with Gasteiger partial charge < -0.3 is 15.9 Å². The summed E-state index contributed by atoms with van der Waals surface area (Å²) in [5, 5.41) is 16.8. The molecular formula is C24H26F4N4O5S. The molecule has 0 saturated heterocycles. The molecule has 0 spiro atoms. The third-order valence-electron chi connectivity index (χ3n) is 5.21. The number of nitrogens with zero attached hydrogens (tertiary/aromatic N) is 2. The van der Waals surface area contributed by atoms with Gasteiger partial charge in [-0.05, 0) is 23.1 Å². The van der Waals surface area contributed by atoms with E-state index in [4.69, 9.17) is 15.6 Å². The van der Waals surface area contributed by atoms with Crippen molar-refractivity contribution in [1.82, 2.24) is 14.7 Å².